The highest BCUT2D eigenvalue weighted by Gasteiger charge is 2.22. The number of aromatic nitrogens is 1. The monoisotopic (exact) mass is 274 g/mol. The zero-order valence-corrected chi connectivity index (χ0v) is 10.2. The Bertz CT molecular complexity index is 501. The van der Waals surface area contributed by atoms with Crippen molar-refractivity contribution in [3.63, 3.8) is 0 Å². The Hall–Kier alpha value is -1.74. The topological polar surface area (TPSA) is 63.0 Å². The Balaban J connectivity index is 3.37. The van der Waals surface area contributed by atoms with Crippen LogP contribution in [0.25, 0.3) is 0 Å². The molecule has 0 N–H and O–H groups in total. The summed E-state index contributed by atoms with van der Waals surface area (Å²) in [5.74, 6) is -0.959. The molecule has 0 saturated carbocycles. The molecule has 0 aliphatic rings. The van der Waals surface area contributed by atoms with Crippen LogP contribution in [0.4, 0.5) is 8.78 Å². The van der Waals surface area contributed by atoms with E-state index in [2.05, 4.69) is 4.98 Å². The maximum Gasteiger partial charge on any atom is 0.340 e. The molecule has 0 amide bonds. The fourth-order valence-electron chi connectivity index (χ4n) is 1.31. The molecular formula is C11H9ClF2N2O2. The van der Waals surface area contributed by atoms with Gasteiger partial charge in [0.15, 0.2) is 0 Å². The molecule has 96 valence electrons. The van der Waals surface area contributed by atoms with Gasteiger partial charge in [-0.15, -0.1) is 11.6 Å². The van der Waals surface area contributed by atoms with E-state index in [1.165, 1.54) is 0 Å². The molecule has 4 nitrogen and oxygen atoms in total. The predicted octanol–water partition coefficient (Wildman–Crippen LogP) is 2.81. The Labute approximate surface area is 107 Å². The molecule has 0 aliphatic heterocycles. The van der Waals surface area contributed by atoms with E-state index < -0.39 is 23.7 Å². The lowest BCUT2D eigenvalue weighted by Gasteiger charge is -2.09. The Morgan fingerprint density at radius 2 is 2.33 bits per heavy atom. The van der Waals surface area contributed by atoms with Crippen molar-refractivity contribution in [1.82, 2.24) is 4.98 Å². The zero-order chi connectivity index (χ0) is 13.7. The van der Waals surface area contributed by atoms with Crippen LogP contribution in [0.3, 0.4) is 0 Å². The first-order chi connectivity index (χ1) is 8.54. The second-order valence-corrected chi connectivity index (χ2v) is 3.45. The van der Waals surface area contributed by atoms with Gasteiger partial charge in [0, 0.05) is 0 Å². The van der Waals surface area contributed by atoms with Gasteiger partial charge in [0.1, 0.15) is 11.8 Å². The molecule has 0 aromatic carbocycles. The molecule has 1 aromatic rings. The molecule has 0 radical (unpaired) electrons. The molecule has 0 spiro atoms. The van der Waals surface area contributed by atoms with Crippen LogP contribution in [-0.4, -0.2) is 17.6 Å². The van der Waals surface area contributed by atoms with Gasteiger partial charge in [-0.05, 0) is 13.0 Å². The van der Waals surface area contributed by atoms with E-state index in [0.29, 0.717) is 0 Å². The van der Waals surface area contributed by atoms with Crippen LogP contribution in [0.1, 0.15) is 40.7 Å². The third-order valence-electron chi connectivity index (χ3n) is 2.09. The van der Waals surface area contributed by atoms with Gasteiger partial charge < -0.3 is 4.74 Å². The summed E-state index contributed by atoms with van der Waals surface area (Å²) in [4.78, 5) is 15.2. The Kier molecular flexibility index (Phi) is 4.98. The summed E-state index contributed by atoms with van der Waals surface area (Å²) in [7, 11) is 0. The zero-order valence-electron chi connectivity index (χ0n) is 9.41. The number of ether oxygens (including phenoxy) is 1. The number of esters is 1. The number of nitrogens with zero attached hydrogens (tertiary/aromatic N) is 2. The number of hydrogen-bond donors (Lipinski definition) is 0. The first kappa shape index (κ1) is 14.3. The lowest BCUT2D eigenvalue weighted by molar-refractivity contribution is 0.0524. The van der Waals surface area contributed by atoms with E-state index in [1.54, 1.807) is 13.0 Å². The highest BCUT2D eigenvalue weighted by atomic mass is 35.5. The van der Waals surface area contributed by atoms with Crippen LogP contribution < -0.4 is 0 Å². The molecule has 0 fully saturated rings. The lowest BCUT2D eigenvalue weighted by atomic mass is 10.1. The van der Waals surface area contributed by atoms with Crippen molar-refractivity contribution in [2.45, 2.75) is 19.2 Å². The number of halogens is 3. The predicted molar refractivity (Wildman–Crippen MR) is 59.4 cm³/mol. The van der Waals surface area contributed by atoms with Gasteiger partial charge in [-0.25, -0.2) is 18.6 Å². The molecule has 18 heavy (non-hydrogen) atoms. The fraction of sp³-hybridized carbons (Fsp3) is 0.364. The highest BCUT2D eigenvalue weighted by molar-refractivity contribution is 6.17. The first-order valence-electron chi connectivity index (χ1n) is 5.00. The molecule has 0 atom stereocenters. The summed E-state index contributed by atoms with van der Waals surface area (Å²) in [6.45, 7) is 1.69. The van der Waals surface area contributed by atoms with Crippen molar-refractivity contribution < 1.29 is 18.3 Å². The maximum absolute atomic E-state index is 12.7. The minimum absolute atomic E-state index is 0.0519. The number of pyridine rings is 1. The Morgan fingerprint density at radius 1 is 1.67 bits per heavy atom. The van der Waals surface area contributed by atoms with Crippen LogP contribution in [0.5, 0.6) is 0 Å². The summed E-state index contributed by atoms with van der Waals surface area (Å²) in [5, 5.41) is 8.72. The van der Waals surface area contributed by atoms with Crippen molar-refractivity contribution in [2.75, 3.05) is 6.61 Å². The number of hydrogen-bond acceptors (Lipinski definition) is 4. The number of alkyl halides is 3. The van der Waals surface area contributed by atoms with Crippen molar-refractivity contribution >= 4 is 17.6 Å². The molecule has 7 heteroatoms. The second-order valence-electron chi connectivity index (χ2n) is 3.19. The molecule has 0 saturated heterocycles. The molecule has 0 aliphatic carbocycles. The van der Waals surface area contributed by atoms with E-state index in [1.807, 2.05) is 0 Å². The second kappa shape index (κ2) is 6.26. The average Bonchev–Trinajstić information content (AvgIpc) is 2.37. The Morgan fingerprint density at radius 3 is 2.78 bits per heavy atom. The van der Waals surface area contributed by atoms with Crippen LogP contribution in [0.15, 0.2) is 6.07 Å². The number of nitriles is 1. The minimum Gasteiger partial charge on any atom is -0.462 e. The fourth-order valence-corrected chi connectivity index (χ4v) is 1.51. The minimum atomic E-state index is -2.90. The molecule has 1 rings (SSSR count). The number of carbonyl (C=O) groups excluding carboxylic acids is 1. The van der Waals surface area contributed by atoms with Crippen molar-refractivity contribution in [1.29, 1.82) is 5.26 Å². The van der Waals surface area contributed by atoms with Gasteiger partial charge in [-0.1, -0.05) is 0 Å². The van der Waals surface area contributed by atoms with E-state index in [9.17, 15) is 13.6 Å². The largest absolute Gasteiger partial charge is 0.462 e. The third-order valence-corrected chi connectivity index (χ3v) is 2.35. The summed E-state index contributed by atoms with van der Waals surface area (Å²) < 4.78 is 30.1. The molecular weight excluding hydrogens is 266 g/mol. The van der Waals surface area contributed by atoms with Gasteiger partial charge in [0.05, 0.1) is 29.3 Å². The lowest BCUT2D eigenvalue weighted by Crippen LogP contribution is -2.11. The highest BCUT2D eigenvalue weighted by Crippen LogP contribution is 2.25. The normalized spacial score (nSPS) is 10.2. The summed E-state index contributed by atoms with van der Waals surface area (Å²) in [5.41, 5.74) is -1.12. The third kappa shape index (κ3) is 2.93. The van der Waals surface area contributed by atoms with E-state index >= 15 is 0 Å². The van der Waals surface area contributed by atoms with Gasteiger partial charge in [0.2, 0.25) is 0 Å². The average molecular weight is 275 g/mol. The summed E-state index contributed by atoms with van der Waals surface area (Å²) in [6.07, 6.45) is -2.90. The van der Waals surface area contributed by atoms with E-state index in [-0.39, 0.29) is 23.7 Å². The summed E-state index contributed by atoms with van der Waals surface area (Å²) >= 11 is 5.57. The number of carbonyl (C=O) groups is 1. The van der Waals surface area contributed by atoms with Crippen LogP contribution in [-0.2, 0) is 10.6 Å². The molecule has 0 unspecified atom stereocenters. The first-order valence-corrected chi connectivity index (χ1v) is 5.53. The molecule has 0 bridgehead atoms. The van der Waals surface area contributed by atoms with Crippen molar-refractivity contribution in [3.8, 4) is 6.07 Å². The van der Waals surface area contributed by atoms with Crippen LogP contribution in [0.2, 0.25) is 0 Å². The smallest absolute Gasteiger partial charge is 0.340 e. The van der Waals surface area contributed by atoms with Crippen LogP contribution >= 0.6 is 11.6 Å². The summed E-state index contributed by atoms with van der Waals surface area (Å²) in [6, 6.07) is 2.46. The van der Waals surface area contributed by atoms with E-state index in [0.717, 1.165) is 6.07 Å². The van der Waals surface area contributed by atoms with E-state index in [4.69, 9.17) is 21.6 Å². The molecule has 1 aromatic heterocycles. The standard InChI is InChI=1S/C11H9ClF2N2O2/c1-2-18-11(17)7-3-6(10(13)14)9(5-15)16-8(7)4-12/h3,10H,2,4H2,1H3. The van der Waals surface area contributed by atoms with Gasteiger partial charge >= 0.3 is 5.97 Å². The van der Waals surface area contributed by atoms with Gasteiger partial charge in [0.25, 0.3) is 6.43 Å². The van der Waals surface area contributed by atoms with Crippen molar-refractivity contribution in [3.05, 3.63) is 28.6 Å². The van der Waals surface area contributed by atoms with Crippen molar-refractivity contribution in [2.24, 2.45) is 0 Å². The molecule has 1 heterocycles. The number of rotatable bonds is 4. The van der Waals surface area contributed by atoms with Gasteiger partial charge in [-0.3, -0.25) is 0 Å². The maximum atomic E-state index is 12.7. The SMILES string of the molecule is CCOC(=O)c1cc(C(F)F)c(C#N)nc1CCl. The van der Waals surface area contributed by atoms with Gasteiger partial charge in [-0.2, -0.15) is 5.26 Å². The van der Waals surface area contributed by atoms with Crippen LogP contribution in [0, 0.1) is 11.3 Å². The quantitative estimate of drug-likeness (QED) is 0.625.